The number of morpholine rings is 1. The fourth-order valence-electron chi connectivity index (χ4n) is 2.21. The number of anilines is 2. The molecule has 0 spiro atoms. The van der Waals surface area contributed by atoms with Gasteiger partial charge in [-0.25, -0.2) is 4.98 Å². The molecule has 6 nitrogen and oxygen atoms in total. The van der Waals surface area contributed by atoms with Gasteiger partial charge in [-0.2, -0.15) is 5.26 Å². The molecule has 18 heavy (non-hydrogen) atoms. The molecule has 3 heterocycles. The van der Waals surface area contributed by atoms with Crippen LogP contribution in [-0.2, 0) is 4.74 Å². The fourth-order valence-corrected chi connectivity index (χ4v) is 2.21. The third kappa shape index (κ3) is 1.65. The maximum Gasteiger partial charge on any atom is 0.167 e. The summed E-state index contributed by atoms with van der Waals surface area (Å²) in [7, 11) is 0. The number of nitriles is 1. The Bertz CT molecular complexity index is 621. The van der Waals surface area contributed by atoms with Crippen molar-refractivity contribution in [1.29, 1.82) is 5.26 Å². The molecular weight excluding hydrogens is 230 g/mol. The minimum Gasteiger partial charge on any atom is -0.381 e. The van der Waals surface area contributed by atoms with E-state index in [2.05, 4.69) is 16.0 Å². The van der Waals surface area contributed by atoms with Gasteiger partial charge in [0.1, 0.15) is 5.65 Å². The van der Waals surface area contributed by atoms with Gasteiger partial charge in [-0.3, -0.25) is 4.40 Å². The molecule has 0 radical (unpaired) electrons. The molecule has 6 heteroatoms. The van der Waals surface area contributed by atoms with Crippen molar-refractivity contribution in [2.24, 2.45) is 0 Å². The maximum absolute atomic E-state index is 8.88. The van der Waals surface area contributed by atoms with Gasteiger partial charge in [0.15, 0.2) is 11.6 Å². The van der Waals surface area contributed by atoms with Crippen LogP contribution in [0.25, 0.3) is 5.65 Å². The van der Waals surface area contributed by atoms with Crippen LogP contribution in [-0.4, -0.2) is 35.7 Å². The van der Waals surface area contributed by atoms with Gasteiger partial charge < -0.3 is 15.4 Å². The molecule has 0 aliphatic carbocycles. The summed E-state index contributed by atoms with van der Waals surface area (Å²) in [4.78, 5) is 6.46. The molecule has 0 saturated carbocycles. The van der Waals surface area contributed by atoms with E-state index in [1.165, 1.54) is 0 Å². The Morgan fingerprint density at radius 2 is 2.17 bits per heavy atom. The van der Waals surface area contributed by atoms with Gasteiger partial charge in [-0.15, -0.1) is 0 Å². The Kier molecular flexibility index (Phi) is 2.54. The van der Waals surface area contributed by atoms with Gasteiger partial charge in [-0.05, 0) is 12.1 Å². The second-order valence-electron chi connectivity index (χ2n) is 4.18. The van der Waals surface area contributed by atoms with Crippen LogP contribution in [0.5, 0.6) is 0 Å². The van der Waals surface area contributed by atoms with Gasteiger partial charge in [0, 0.05) is 19.3 Å². The third-order valence-corrected chi connectivity index (χ3v) is 3.07. The Labute approximate surface area is 104 Å². The van der Waals surface area contributed by atoms with Crippen LogP contribution in [0.2, 0.25) is 0 Å². The molecule has 0 amide bonds. The Balaban J connectivity index is 2.11. The number of rotatable bonds is 1. The molecule has 0 unspecified atom stereocenters. The summed E-state index contributed by atoms with van der Waals surface area (Å²) in [5.41, 5.74) is 7.26. The molecule has 1 saturated heterocycles. The third-order valence-electron chi connectivity index (χ3n) is 3.07. The number of nitrogens with two attached hydrogens (primary N) is 1. The van der Waals surface area contributed by atoms with E-state index in [0.29, 0.717) is 30.2 Å². The van der Waals surface area contributed by atoms with E-state index in [-0.39, 0.29) is 0 Å². The molecular formula is C12H13N5O. The zero-order valence-electron chi connectivity index (χ0n) is 9.83. The molecule has 1 aliphatic rings. The van der Waals surface area contributed by atoms with E-state index in [0.717, 1.165) is 18.9 Å². The minimum atomic E-state index is 0.493. The highest BCUT2D eigenvalue weighted by Crippen LogP contribution is 2.25. The van der Waals surface area contributed by atoms with Gasteiger partial charge in [0.05, 0.1) is 24.8 Å². The Morgan fingerprint density at radius 3 is 2.89 bits per heavy atom. The lowest BCUT2D eigenvalue weighted by Gasteiger charge is -2.28. The quantitative estimate of drug-likeness (QED) is 0.794. The van der Waals surface area contributed by atoms with Crippen molar-refractivity contribution in [3.8, 4) is 6.07 Å². The second kappa shape index (κ2) is 4.20. The van der Waals surface area contributed by atoms with Crippen LogP contribution in [0.3, 0.4) is 0 Å². The van der Waals surface area contributed by atoms with Crippen LogP contribution >= 0.6 is 0 Å². The predicted octanol–water partition coefficient (Wildman–Crippen LogP) is 0.625. The highest BCUT2D eigenvalue weighted by molar-refractivity contribution is 5.68. The van der Waals surface area contributed by atoms with Crippen LogP contribution in [0.1, 0.15) is 5.56 Å². The zero-order chi connectivity index (χ0) is 12.5. The number of fused-ring (bicyclic) bond motifs is 1. The summed E-state index contributed by atoms with van der Waals surface area (Å²) in [5, 5.41) is 8.88. The average molecular weight is 243 g/mol. The summed E-state index contributed by atoms with van der Waals surface area (Å²) >= 11 is 0. The Hall–Kier alpha value is -2.26. The van der Waals surface area contributed by atoms with Gasteiger partial charge in [0.2, 0.25) is 0 Å². The van der Waals surface area contributed by atoms with E-state index in [1.54, 1.807) is 12.1 Å². The first-order valence-corrected chi connectivity index (χ1v) is 5.80. The molecule has 2 aromatic rings. The smallest absolute Gasteiger partial charge is 0.167 e. The molecule has 3 rings (SSSR count). The van der Waals surface area contributed by atoms with Crippen LogP contribution in [0.15, 0.2) is 18.3 Å². The second-order valence-corrected chi connectivity index (χ2v) is 4.18. The summed E-state index contributed by atoms with van der Waals surface area (Å²) < 4.78 is 7.25. The van der Waals surface area contributed by atoms with Crippen molar-refractivity contribution in [1.82, 2.24) is 9.38 Å². The van der Waals surface area contributed by atoms with Gasteiger partial charge in [-0.1, -0.05) is 0 Å². The van der Waals surface area contributed by atoms with E-state index in [4.69, 9.17) is 15.7 Å². The normalized spacial score (nSPS) is 15.8. The van der Waals surface area contributed by atoms with Crippen molar-refractivity contribution < 1.29 is 4.74 Å². The van der Waals surface area contributed by atoms with Crippen molar-refractivity contribution in [3.05, 3.63) is 23.9 Å². The standard InChI is InChI=1S/C12H13N5O/c13-8-9-1-2-17-10(7-9)15-11(14)12(17)16-3-5-18-6-4-16/h1-2,7H,3-6,14H2. The number of hydrogen-bond donors (Lipinski definition) is 1. The largest absolute Gasteiger partial charge is 0.381 e. The fraction of sp³-hybridized carbons (Fsp3) is 0.333. The summed E-state index contributed by atoms with van der Waals surface area (Å²) in [6.45, 7) is 3.00. The summed E-state index contributed by atoms with van der Waals surface area (Å²) in [5.74, 6) is 1.38. The van der Waals surface area contributed by atoms with Gasteiger partial charge >= 0.3 is 0 Å². The van der Waals surface area contributed by atoms with E-state index in [9.17, 15) is 0 Å². The molecule has 1 aliphatic heterocycles. The summed E-state index contributed by atoms with van der Waals surface area (Å²) in [6.07, 6.45) is 1.84. The predicted molar refractivity (Wildman–Crippen MR) is 67.4 cm³/mol. The topological polar surface area (TPSA) is 79.6 Å². The average Bonchev–Trinajstić information content (AvgIpc) is 2.74. The van der Waals surface area contributed by atoms with Crippen LogP contribution in [0, 0.1) is 11.3 Å². The van der Waals surface area contributed by atoms with Crippen LogP contribution in [0.4, 0.5) is 11.6 Å². The lowest BCUT2D eigenvalue weighted by molar-refractivity contribution is 0.122. The highest BCUT2D eigenvalue weighted by Gasteiger charge is 2.19. The molecule has 2 aromatic heterocycles. The molecule has 0 aromatic carbocycles. The molecule has 2 N–H and O–H groups in total. The molecule has 0 atom stereocenters. The number of nitrogen functional groups attached to an aromatic ring is 1. The van der Waals surface area contributed by atoms with E-state index >= 15 is 0 Å². The minimum absolute atomic E-state index is 0.493. The number of pyridine rings is 1. The monoisotopic (exact) mass is 243 g/mol. The number of nitrogens with zero attached hydrogens (tertiary/aromatic N) is 4. The first kappa shape index (κ1) is 10.9. The van der Waals surface area contributed by atoms with Crippen molar-refractivity contribution in [2.75, 3.05) is 36.9 Å². The number of ether oxygens (including phenoxy) is 1. The zero-order valence-corrected chi connectivity index (χ0v) is 9.83. The first-order valence-electron chi connectivity index (χ1n) is 5.80. The lowest BCUT2D eigenvalue weighted by Crippen LogP contribution is -2.37. The molecule has 0 bridgehead atoms. The number of imidazole rings is 1. The Morgan fingerprint density at radius 1 is 1.39 bits per heavy atom. The van der Waals surface area contributed by atoms with Crippen molar-refractivity contribution >= 4 is 17.3 Å². The summed E-state index contributed by atoms with van der Waals surface area (Å²) in [6, 6.07) is 5.60. The van der Waals surface area contributed by atoms with Crippen molar-refractivity contribution in [2.45, 2.75) is 0 Å². The SMILES string of the molecule is N#Cc1ccn2c(N3CCOCC3)c(N)nc2c1. The van der Waals surface area contributed by atoms with E-state index < -0.39 is 0 Å². The highest BCUT2D eigenvalue weighted by atomic mass is 16.5. The van der Waals surface area contributed by atoms with Crippen LogP contribution < -0.4 is 10.6 Å². The molecule has 1 fully saturated rings. The number of aromatic nitrogens is 2. The van der Waals surface area contributed by atoms with Crippen molar-refractivity contribution in [3.63, 3.8) is 0 Å². The lowest BCUT2D eigenvalue weighted by atomic mass is 10.3. The van der Waals surface area contributed by atoms with Gasteiger partial charge in [0.25, 0.3) is 0 Å². The first-order chi connectivity index (χ1) is 8.79. The molecule has 92 valence electrons. The van der Waals surface area contributed by atoms with E-state index in [1.807, 2.05) is 10.6 Å². The number of hydrogen-bond acceptors (Lipinski definition) is 5. The maximum atomic E-state index is 8.88.